The Morgan fingerprint density at radius 3 is 2.95 bits per heavy atom. The van der Waals surface area contributed by atoms with Gasteiger partial charge in [0.1, 0.15) is 5.76 Å². The van der Waals surface area contributed by atoms with Gasteiger partial charge in [-0.25, -0.2) is 0 Å². The van der Waals surface area contributed by atoms with Gasteiger partial charge >= 0.3 is 0 Å². The van der Waals surface area contributed by atoms with Crippen LogP contribution < -0.4 is 0 Å². The number of aliphatic hydroxyl groups is 1. The van der Waals surface area contributed by atoms with Crippen molar-refractivity contribution in [2.45, 2.75) is 37.3 Å². The summed E-state index contributed by atoms with van der Waals surface area (Å²) in [6.07, 6.45) is 2.42. The van der Waals surface area contributed by atoms with E-state index in [-0.39, 0.29) is 11.9 Å². The summed E-state index contributed by atoms with van der Waals surface area (Å²) in [5.74, 6) is 1.13. The van der Waals surface area contributed by atoms with Crippen molar-refractivity contribution in [3.05, 3.63) is 17.5 Å². The van der Waals surface area contributed by atoms with Gasteiger partial charge in [-0.05, 0) is 33.4 Å². The van der Waals surface area contributed by atoms with Crippen LogP contribution in [0.4, 0.5) is 0 Å². The summed E-state index contributed by atoms with van der Waals surface area (Å²) >= 11 is 0. The number of rotatable bonds is 4. The summed E-state index contributed by atoms with van der Waals surface area (Å²) in [5.41, 5.74) is 0.366. The molecule has 1 aromatic heterocycles. The van der Waals surface area contributed by atoms with Crippen molar-refractivity contribution in [1.82, 2.24) is 15.0 Å². The molecule has 0 bridgehead atoms. The minimum atomic E-state index is -0.446. The summed E-state index contributed by atoms with van der Waals surface area (Å²) in [6, 6.07) is 1.80. The highest BCUT2D eigenvalue weighted by Gasteiger charge is 2.37. The molecule has 1 amide bonds. The Hall–Kier alpha value is -1.40. The van der Waals surface area contributed by atoms with Crippen LogP contribution >= 0.6 is 0 Å². The number of likely N-dealkylation sites (tertiary alicyclic amines) is 1. The third kappa shape index (κ3) is 2.71. The molecule has 3 rings (SSSR count). The zero-order valence-corrected chi connectivity index (χ0v) is 12.0. The molecule has 2 heterocycles. The molecule has 6 heteroatoms. The van der Waals surface area contributed by atoms with E-state index < -0.39 is 6.10 Å². The third-order valence-electron chi connectivity index (χ3n) is 3.96. The number of nitrogens with zero attached hydrogens (tertiary/aromatic N) is 3. The first kappa shape index (κ1) is 13.6. The third-order valence-corrected chi connectivity index (χ3v) is 3.96. The zero-order valence-electron chi connectivity index (χ0n) is 12.0. The molecule has 2 aliphatic rings. The van der Waals surface area contributed by atoms with Crippen molar-refractivity contribution in [3.63, 3.8) is 0 Å². The Morgan fingerprint density at radius 2 is 2.30 bits per heavy atom. The predicted molar refractivity (Wildman–Crippen MR) is 72.5 cm³/mol. The quantitative estimate of drug-likeness (QED) is 0.878. The lowest BCUT2D eigenvalue weighted by atomic mass is 10.2. The van der Waals surface area contributed by atoms with Gasteiger partial charge < -0.3 is 19.4 Å². The SMILES string of the molecule is CN(C)CC1CC(O)CN1C(=O)c1cc(C2CC2)on1. The molecule has 2 fully saturated rings. The van der Waals surface area contributed by atoms with E-state index in [0.717, 1.165) is 25.1 Å². The van der Waals surface area contributed by atoms with Crippen LogP contribution in [-0.2, 0) is 0 Å². The van der Waals surface area contributed by atoms with Gasteiger partial charge in [0, 0.05) is 31.1 Å². The Balaban J connectivity index is 1.73. The van der Waals surface area contributed by atoms with Crippen molar-refractivity contribution in [2.75, 3.05) is 27.2 Å². The van der Waals surface area contributed by atoms with Crippen LogP contribution in [0.15, 0.2) is 10.6 Å². The highest BCUT2D eigenvalue weighted by Crippen LogP contribution is 2.40. The molecule has 1 aromatic rings. The number of hydrogen-bond donors (Lipinski definition) is 1. The van der Waals surface area contributed by atoms with Gasteiger partial charge in [-0.3, -0.25) is 4.79 Å². The second kappa shape index (κ2) is 5.18. The van der Waals surface area contributed by atoms with Crippen molar-refractivity contribution in [2.24, 2.45) is 0 Å². The van der Waals surface area contributed by atoms with Gasteiger partial charge in [-0.1, -0.05) is 5.16 Å². The normalized spacial score (nSPS) is 26.5. The fourth-order valence-electron chi connectivity index (χ4n) is 2.83. The minimum Gasteiger partial charge on any atom is -0.391 e. The van der Waals surface area contributed by atoms with Crippen molar-refractivity contribution in [3.8, 4) is 0 Å². The predicted octanol–water partition coefficient (Wildman–Crippen LogP) is 0.689. The molecule has 1 aliphatic carbocycles. The first-order valence-corrected chi connectivity index (χ1v) is 7.15. The van der Waals surface area contributed by atoms with Gasteiger partial charge in [0.2, 0.25) is 0 Å². The second-order valence-corrected chi connectivity index (χ2v) is 6.15. The van der Waals surface area contributed by atoms with Crippen LogP contribution in [0.1, 0.15) is 41.4 Å². The van der Waals surface area contributed by atoms with Gasteiger partial charge in [0.05, 0.1) is 6.10 Å². The Kier molecular flexibility index (Phi) is 3.52. The number of likely N-dealkylation sites (N-methyl/N-ethyl adjacent to an activating group) is 1. The fourth-order valence-corrected chi connectivity index (χ4v) is 2.83. The summed E-state index contributed by atoms with van der Waals surface area (Å²) < 4.78 is 5.24. The molecule has 2 unspecified atom stereocenters. The van der Waals surface area contributed by atoms with Gasteiger partial charge in [-0.2, -0.15) is 0 Å². The van der Waals surface area contributed by atoms with E-state index in [1.54, 1.807) is 11.0 Å². The van der Waals surface area contributed by atoms with Crippen LogP contribution in [0, 0.1) is 0 Å². The van der Waals surface area contributed by atoms with Crippen molar-refractivity contribution in [1.29, 1.82) is 0 Å². The lowest BCUT2D eigenvalue weighted by Crippen LogP contribution is -2.41. The Labute approximate surface area is 118 Å². The molecule has 110 valence electrons. The maximum atomic E-state index is 12.5. The summed E-state index contributed by atoms with van der Waals surface area (Å²) in [7, 11) is 3.93. The number of hydrogen-bond acceptors (Lipinski definition) is 5. The number of β-amino-alcohol motifs (C(OH)–C–C–N with tert-alkyl or cyclic N) is 1. The van der Waals surface area contributed by atoms with Gasteiger partial charge in [-0.15, -0.1) is 0 Å². The molecular weight excluding hydrogens is 258 g/mol. The van der Waals surface area contributed by atoms with E-state index >= 15 is 0 Å². The Bertz CT molecular complexity index is 496. The van der Waals surface area contributed by atoms with E-state index in [2.05, 4.69) is 5.16 Å². The van der Waals surface area contributed by atoms with E-state index in [4.69, 9.17) is 4.52 Å². The van der Waals surface area contributed by atoms with Crippen LogP contribution in [-0.4, -0.2) is 65.3 Å². The van der Waals surface area contributed by atoms with E-state index in [1.165, 1.54) is 0 Å². The fraction of sp³-hybridized carbons (Fsp3) is 0.714. The number of amides is 1. The number of aliphatic hydroxyl groups excluding tert-OH is 1. The smallest absolute Gasteiger partial charge is 0.276 e. The van der Waals surface area contributed by atoms with Crippen LogP contribution in [0.3, 0.4) is 0 Å². The highest BCUT2D eigenvalue weighted by atomic mass is 16.5. The highest BCUT2D eigenvalue weighted by molar-refractivity contribution is 5.92. The molecule has 0 aromatic carbocycles. The monoisotopic (exact) mass is 279 g/mol. The first-order chi connectivity index (χ1) is 9.54. The molecule has 0 radical (unpaired) electrons. The maximum Gasteiger partial charge on any atom is 0.276 e. The van der Waals surface area contributed by atoms with Crippen LogP contribution in [0.5, 0.6) is 0 Å². The number of aromatic nitrogens is 1. The molecule has 1 saturated carbocycles. The zero-order chi connectivity index (χ0) is 14.3. The van der Waals surface area contributed by atoms with Crippen molar-refractivity contribution >= 4 is 5.91 Å². The molecule has 1 N–H and O–H groups in total. The Morgan fingerprint density at radius 1 is 1.55 bits per heavy atom. The lowest BCUT2D eigenvalue weighted by Gasteiger charge is -2.25. The standard InChI is InChI=1S/C14H21N3O3/c1-16(2)7-10-5-11(18)8-17(10)14(19)12-6-13(20-15-12)9-3-4-9/h6,9-11,18H,3-5,7-8H2,1-2H3. The average molecular weight is 279 g/mol. The molecule has 1 saturated heterocycles. The number of carbonyl (C=O) groups is 1. The van der Waals surface area contributed by atoms with Gasteiger partial charge in [0.25, 0.3) is 5.91 Å². The molecule has 1 aliphatic heterocycles. The molecular formula is C14H21N3O3. The molecule has 0 spiro atoms. The average Bonchev–Trinajstić information content (AvgIpc) is 3.00. The van der Waals surface area contributed by atoms with Crippen molar-refractivity contribution < 1.29 is 14.4 Å². The summed E-state index contributed by atoms with van der Waals surface area (Å²) in [5, 5.41) is 13.7. The van der Waals surface area contributed by atoms with Gasteiger partial charge in [0.15, 0.2) is 5.69 Å². The van der Waals surface area contributed by atoms with E-state index in [1.807, 2.05) is 19.0 Å². The maximum absolute atomic E-state index is 12.5. The second-order valence-electron chi connectivity index (χ2n) is 6.15. The van der Waals surface area contributed by atoms with Crippen LogP contribution in [0.25, 0.3) is 0 Å². The minimum absolute atomic E-state index is 0.0357. The van der Waals surface area contributed by atoms with E-state index in [0.29, 0.717) is 24.6 Å². The molecule has 20 heavy (non-hydrogen) atoms. The van der Waals surface area contributed by atoms with E-state index in [9.17, 15) is 9.90 Å². The van der Waals surface area contributed by atoms with Crippen LogP contribution in [0.2, 0.25) is 0 Å². The molecule has 6 nitrogen and oxygen atoms in total. The summed E-state index contributed by atoms with van der Waals surface area (Å²) in [6.45, 7) is 1.12. The topological polar surface area (TPSA) is 69.8 Å². The first-order valence-electron chi connectivity index (χ1n) is 7.15. The summed E-state index contributed by atoms with van der Waals surface area (Å²) in [4.78, 5) is 16.3. The molecule has 2 atom stereocenters. The lowest BCUT2D eigenvalue weighted by molar-refractivity contribution is 0.0688. The number of carbonyl (C=O) groups excluding carboxylic acids is 1. The largest absolute Gasteiger partial charge is 0.391 e.